The van der Waals surface area contributed by atoms with E-state index in [0.717, 1.165) is 6.42 Å². The van der Waals surface area contributed by atoms with Crippen molar-refractivity contribution in [1.82, 2.24) is 0 Å². The molecule has 0 aliphatic rings. The van der Waals surface area contributed by atoms with Crippen LogP contribution in [-0.2, 0) is 27.2 Å². The normalized spacial score (nSPS) is 9.00. The third-order valence-electron chi connectivity index (χ3n) is 0.695. The molecule has 1 radical (unpaired) electrons. The molecule has 0 amide bonds. The van der Waals surface area contributed by atoms with Gasteiger partial charge < -0.3 is 5.11 Å². The maximum absolute atomic E-state index is 9.82. The largest absolute Gasteiger partial charge is 0.481 e. The van der Waals surface area contributed by atoms with E-state index >= 15 is 0 Å². The maximum Gasteiger partial charge on any atom is 0.307 e. The summed E-state index contributed by atoms with van der Waals surface area (Å²) in [7, 11) is 0. The van der Waals surface area contributed by atoms with Gasteiger partial charge in [-0.1, -0.05) is 19.1 Å². The Kier molecular flexibility index (Phi) is 10.3. The van der Waals surface area contributed by atoms with Gasteiger partial charge in [-0.25, -0.2) is 0 Å². The summed E-state index contributed by atoms with van der Waals surface area (Å²) in [5.74, 6) is -0.769. The maximum atomic E-state index is 9.82. The molecule has 1 N–H and O–H groups in total. The first-order valence-electron chi connectivity index (χ1n) is 2.64. The molecule has 0 atom stereocenters. The molecule has 0 spiro atoms. The monoisotopic (exact) mass is 221 g/mol. The molecular formula is C6H10AgO2. The van der Waals surface area contributed by atoms with Crippen molar-refractivity contribution in [3.63, 3.8) is 0 Å². The van der Waals surface area contributed by atoms with Crippen LogP contribution >= 0.6 is 0 Å². The molecule has 0 rings (SSSR count). The van der Waals surface area contributed by atoms with Gasteiger partial charge in [-0.2, -0.15) is 0 Å². The van der Waals surface area contributed by atoms with Gasteiger partial charge in [0.2, 0.25) is 0 Å². The van der Waals surface area contributed by atoms with Crippen molar-refractivity contribution < 1.29 is 32.3 Å². The van der Waals surface area contributed by atoms with Gasteiger partial charge in [0.1, 0.15) is 0 Å². The zero-order chi connectivity index (χ0) is 6.41. The second-order valence-corrected chi connectivity index (χ2v) is 1.48. The standard InChI is InChI=1S/C6H10O2.Ag/c1-2-3-4-5-6(7)8;/h3-4H,2,5H2,1H3,(H,7,8);. The van der Waals surface area contributed by atoms with Crippen LogP contribution in [0.15, 0.2) is 12.2 Å². The fourth-order valence-corrected chi connectivity index (χ4v) is 0.351. The van der Waals surface area contributed by atoms with E-state index in [1.807, 2.05) is 13.0 Å². The van der Waals surface area contributed by atoms with Crippen molar-refractivity contribution in [3.05, 3.63) is 12.2 Å². The van der Waals surface area contributed by atoms with Crippen molar-refractivity contribution in [2.75, 3.05) is 0 Å². The van der Waals surface area contributed by atoms with Crippen molar-refractivity contribution in [1.29, 1.82) is 0 Å². The fourth-order valence-electron chi connectivity index (χ4n) is 0.351. The van der Waals surface area contributed by atoms with Gasteiger partial charge >= 0.3 is 5.97 Å². The minimum atomic E-state index is -0.769. The molecule has 0 bridgehead atoms. The Morgan fingerprint density at radius 3 is 2.44 bits per heavy atom. The number of aliphatic carboxylic acids is 1. The van der Waals surface area contributed by atoms with Gasteiger partial charge in [0, 0.05) is 22.4 Å². The number of carboxylic acid groups (broad SMARTS) is 1. The van der Waals surface area contributed by atoms with Crippen molar-refractivity contribution in [2.45, 2.75) is 19.8 Å². The van der Waals surface area contributed by atoms with Crippen LogP contribution in [0.5, 0.6) is 0 Å². The number of carboxylic acids is 1. The van der Waals surface area contributed by atoms with Crippen LogP contribution < -0.4 is 0 Å². The molecule has 0 fully saturated rings. The molecule has 0 aliphatic heterocycles. The van der Waals surface area contributed by atoms with E-state index in [4.69, 9.17) is 5.11 Å². The molecule has 3 heteroatoms. The van der Waals surface area contributed by atoms with Crippen molar-refractivity contribution >= 4 is 5.97 Å². The van der Waals surface area contributed by atoms with Crippen LogP contribution in [0, 0.1) is 0 Å². The molecular weight excluding hydrogens is 212 g/mol. The molecule has 9 heavy (non-hydrogen) atoms. The predicted molar refractivity (Wildman–Crippen MR) is 31.7 cm³/mol. The van der Waals surface area contributed by atoms with Crippen LogP contribution in [-0.4, -0.2) is 11.1 Å². The van der Waals surface area contributed by atoms with E-state index in [1.165, 1.54) is 0 Å². The van der Waals surface area contributed by atoms with Gasteiger partial charge in [0.25, 0.3) is 0 Å². The summed E-state index contributed by atoms with van der Waals surface area (Å²) < 4.78 is 0. The first kappa shape index (κ1) is 11.7. The third-order valence-corrected chi connectivity index (χ3v) is 0.695. The Bertz CT molecular complexity index is 99.2. The predicted octanol–water partition coefficient (Wildman–Crippen LogP) is 1.42. The van der Waals surface area contributed by atoms with Crippen molar-refractivity contribution in [3.8, 4) is 0 Å². The Labute approximate surface area is 70.5 Å². The number of hydrogen-bond acceptors (Lipinski definition) is 1. The van der Waals surface area contributed by atoms with Crippen molar-refractivity contribution in [2.24, 2.45) is 0 Å². The van der Waals surface area contributed by atoms with Crippen LogP contribution in [0.25, 0.3) is 0 Å². The van der Waals surface area contributed by atoms with Crippen LogP contribution in [0.2, 0.25) is 0 Å². The third kappa shape index (κ3) is 11.5. The second-order valence-electron chi connectivity index (χ2n) is 1.48. The van der Waals surface area contributed by atoms with Gasteiger partial charge in [-0.3, -0.25) is 4.79 Å². The summed E-state index contributed by atoms with van der Waals surface area (Å²) >= 11 is 0. The quantitative estimate of drug-likeness (QED) is 0.579. The SMILES string of the molecule is CCC=CCC(=O)O.[Ag]. The molecule has 0 aromatic rings. The summed E-state index contributed by atoms with van der Waals surface area (Å²) in [6, 6.07) is 0. The Morgan fingerprint density at radius 2 is 2.11 bits per heavy atom. The van der Waals surface area contributed by atoms with Crippen LogP contribution in [0.4, 0.5) is 0 Å². The molecule has 0 saturated carbocycles. The van der Waals surface area contributed by atoms with E-state index in [-0.39, 0.29) is 28.8 Å². The van der Waals surface area contributed by atoms with E-state index < -0.39 is 5.97 Å². The summed E-state index contributed by atoms with van der Waals surface area (Å²) in [6.45, 7) is 1.97. The molecule has 0 heterocycles. The molecule has 0 aromatic heterocycles. The van der Waals surface area contributed by atoms with Gasteiger partial charge in [0.05, 0.1) is 6.42 Å². The first-order valence-corrected chi connectivity index (χ1v) is 2.64. The van der Waals surface area contributed by atoms with Gasteiger partial charge in [-0.05, 0) is 6.42 Å². The molecule has 0 aromatic carbocycles. The topological polar surface area (TPSA) is 37.3 Å². The summed E-state index contributed by atoms with van der Waals surface area (Å²) in [5.41, 5.74) is 0. The summed E-state index contributed by atoms with van der Waals surface area (Å²) in [4.78, 5) is 9.82. The minimum Gasteiger partial charge on any atom is -0.481 e. The molecule has 0 unspecified atom stereocenters. The number of allylic oxidation sites excluding steroid dienone is 1. The van der Waals surface area contributed by atoms with Gasteiger partial charge in [-0.15, -0.1) is 0 Å². The zero-order valence-corrected chi connectivity index (χ0v) is 6.71. The Morgan fingerprint density at radius 1 is 1.56 bits per heavy atom. The summed E-state index contributed by atoms with van der Waals surface area (Å²) in [5, 5.41) is 8.09. The van der Waals surface area contributed by atoms with Gasteiger partial charge in [0.15, 0.2) is 0 Å². The molecule has 2 nitrogen and oxygen atoms in total. The van der Waals surface area contributed by atoms with E-state index in [2.05, 4.69) is 0 Å². The molecule has 0 aliphatic carbocycles. The van der Waals surface area contributed by atoms with Crippen LogP contribution in [0.1, 0.15) is 19.8 Å². The van der Waals surface area contributed by atoms with E-state index in [1.54, 1.807) is 6.08 Å². The summed E-state index contributed by atoms with van der Waals surface area (Å²) in [6.07, 6.45) is 4.55. The average molecular weight is 222 g/mol. The van der Waals surface area contributed by atoms with Crippen LogP contribution in [0.3, 0.4) is 0 Å². The zero-order valence-electron chi connectivity index (χ0n) is 5.23. The van der Waals surface area contributed by atoms with E-state index in [0.29, 0.717) is 0 Å². The Balaban J connectivity index is 0. The minimum absolute atomic E-state index is 0. The number of rotatable bonds is 3. The number of carbonyl (C=O) groups is 1. The average Bonchev–Trinajstić information content (AvgIpc) is 1.66. The fraction of sp³-hybridized carbons (Fsp3) is 0.500. The second kappa shape index (κ2) is 7.95. The Hall–Kier alpha value is -0.0497. The molecule has 57 valence electrons. The first-order chi connectivity index (χ1) is 3.77. The number of hydrogen-bond donors (Lipinski definition) is 1. The van der Waals surface area contributed by atoms with E-state index in [9.17, 15) is 4.79 Å². The smallest absolute Gasteiger partial charge is 0.307 e. The molecule has 0 saturated heterocycles.